The lowest BCUT2D eigenvalue weighted by molar-refractivity contribution is 0.454. The van der Waals surface area contributed by atoms with E-state index in [9.17, 15) is 9.90 Å². The van der Waals surface area contributed by atoms with Gasteiger partial charge in [0, 0.05) is 10.1 Å². The Morgan fingerprint density at radius 3 is 2.85 bits per heavy atom. The molecule has 5 rings (SSSR count). The van der Waals surface area contributed by atoms with E-state index in [1.165, 1.54) is 4.88 Å². The summed E-state index contributed by atoms with van der Waals surface area (Å²) in [5.74, 6) is 0.354. The van der Waals surface area contributed by atoms with Crippen LogP contribution in [-0.2, 0) is 0 Å². The Morgan fingerprint density at radius 1 is 1.33 bits per heavy atom. The SMILES string of the molecule is Cc1ccc(-c2nc(=NC3CC3)n3nc/c(=C/c4[nH]c(=O)[nH]c4O)c3n2)s1. The van der Waals surface area contributed by atoms with Crippen molar-refractivity contribution in [3.8, 4) is 16.6 Å². The molecule has 1 aliphatic rings. The number of imidazole rings is 1. The third-order valence-electron chi connectivity index (χ3n) is 4.22. The van der Waals surface area contributed by atoms with Crippen molar-refractivity contribution in [2.75, 3.05) is 0 Å². The van der Waals surface area contributed by atoms with Crippen molar-refractivity contribution in [1.29, 1.82) is 0 Å². The molecule has 0 aromatic carbocycles. The minimum absolute atomic E-state index is 0.231. The molecule has 10 heteroatoms. The third-order valence-corrected chi connectivity index (χ3v) is 5.22. The summed E-state index contributed by atoms with van der Waals surface area (Å²) in [6.07, 6.45) is 5.34. The van der Waals surface area contributed by atoms with Crippen LogP contribution in [0.25, 0.3) is 22.4 Å². The van der Waals surface area contributed by atoms with E-state index in [0.29, 0.717) is 22.3 Å². The van der Waals surface area contributed by atoms with Crippen molar-refractivity contribution >= 4 is 23.1 Å². The number of aryl methyl sites for hydroxylation is 1. The molecule has 4 aromatic heterocycles. The lowest BCUT2D eigenvalue weighted by Crippen LogP contribution is -2.23. The zero-order valence-electron chi connectivity index (χ0n) is 14.3. The summed E-state index contributed by atoms with van der Waals surface area (Å²) in [5, 5.41) is 14.8. The molecule has 0 bridgehead atoms. The molecule has 136 valence electrons. The molecule has 1 fully saturated rings. The van der Waals surface area contributed by atoms with Gasteiger partial charge in [-0.1, -0.05) is 0 Å². The largest absolute Gasteiger partial charge is 0.493 e. The zero-order valence-corrected chi connectivity index (χ0v) is 15.1. The van der Waals surface area contributed by atoms with Crippen molar-refractivity contribution in [3.05, 3.63) is 50.2 Å². The Bertz CT molecular complexity index is 1340. The number of nitrogens with one attached hydrogen (secondary N) is 2. The Kier molecular flexibility index (Phi) is 3.47. The number of aromatic nitrogens is 6. The van der Waals surface area contributed by atoms with Gasteiger partial charge >= 0.3 is 5.69 Å². The van der Waals surface area contributed by atoms with Crippen LogP contribution in [0.3, 0.4) is 0 Å². The minimum atomic E-state index is -0.482. The van der Waals surface area contributed by atoms with E-state index >= 15 is 0 Å². The molecule has 0 atom stereocenters. The summed E-state index contributed by atoms with van der Waals surface area (Å²) in [4.78, 5) is 32.3. The monoisotopic (exact) mass is 381 g/mol. The Balaban J connectivity index is 1.79. The van der Waals surface area contributed by atoms with Crippen molar-refractivity contribution in [3.63, 3.8) is 0 Å². The van der Waals surface area contributed by atoms with Gasteiger partial charge in [-0.05, 0) is 38.0 Å². The van der Waals surface area contributed by atoms with Gasteiger partial charge in [0.25, 0.3) is 0 Å². The van der Waals surface area contributed by atoms with Gasteiger partial charge in [-0.2, -0.15) is 14.6 Å². The smallest absolute Gasteiger partial charge is 0.326 e. The third kappa shape index (κ3) is 2.93. The second-order valence-electron chi connectivity index (χ2n) is 6.44. The van der Waals surface area contributed by atoms with E-state index in [1.54, 1.807) is 28.1 Å². The maximum Gasteiger partial charge on any atom is 0.326 e. The summed E-state index contributed by atoms with van der Waals surface area (Å²) in [5.41, 5.74) is 0.855. The highest BCUT2D eigenvalue weighted by Gasteiger charge is 2.21. The average molecular weight is 381 g/mol. The molecule has 0 amide bonds. The van der Waals surface area contributed by atoms with Gasteiger partial charge in [0.15, 0.2) is 11.5 Å². The van der Waals surface area contributed by atoms with Crippen molar-refractivity contribution in [1.82, 2.24) is 29.5 Å². The molecule has 0 radical (unpaired) electrons. The highest BCUT2D eigenvalue weighted by atomic mass is 32.1. The normalized spacial score (nSPS) is 15.9. The van der Waals surface area contributed by atoms with Gasteiger partial charge in [-0.25, -0.2) is 14.8 Å². The molecule has 1 saturated carbocycles. The van der Waals surface area contributed by atoms with E-state index in [0.717, 1.165) is 17.7 Å². The van der Waals surface area contributed by atoms with Crippen LogP contribution in [0.15, 0.2) is 28.1 Å². The number of hydrogen-bond acceptors (Lipinski definition) is 7. The maximum absolute atomic E-state index is 11.4. The number of thiophene rings is 1. The quantitative estimate of drug-likeness (QED) is 0.476. The van der Waals surface area contributed by atoms with E-state index in [2.05, 4.69) is 30.0 Å². The van der Waals surface area contributed by atoms with Crippen LogP contribution in [0.2, 0.25) is 0 Å². The molecule has 0 aliphatic heterocycles. The van der Waals surface area contributed by atoms with Gasteiger partial charge < -0.3 is 10.1 Å². The first-order valence-corrected chi connectivity index (χ1v) is 9.28. The van der Waals surface area contributed by atoms with E-state index in [4.69, 9.17) is 0 Å². The molecular formula is C17H15N7O2S. The van der Waals surface area contributed by atoms with Gasteiger partial charge in [0.2, 0.25) is 11.5 Å². The Labute approximate surface area is 155 Å². The van der Waals surface area contributed by atoms with Gasteiger partial charge in [-0.3, -0.25) is 4.98 Å². The van der Waals surface area contributed by atoms with E-state index in [1.807, 2.05) is 19.1 Å². The number of aromatic amines is 2. The van der Waals surface area contributed by atoms with Crippen LogP contribution >= 0.6 is 11.3 Å². The number of fused-ring (bicyclic) bond motifs is 1. The van der Waals surface area contributed by atoms with Crippen LogP contribution < -0.4 is 16.5 Å². The predicted molar refractivity (Wildman–Crippen MR) is 99.3 cm³/mol. The molecule has 9 nitrogen and oxygen atoms in total. The first-order valence-electron chi connectivity index (χ1n) is 8.46. The standard InChI is InChI=1S/C17H15N7O2S/c1-8-2-5-12(27-8)13-21-14-9(6-11-15(25)23-17(26)20-11)7-18-24(14)16(22-13)19-10-3-4-10/h2,5-7,10,25H,3-4H2,1H3,(H2,20,23,26)/b9-6-,19-16?. The van der Waals surface area contributed by atoms with Gasteiger partial charge in [0.05, 0.1) is 17.1 Å². The number of rotatable bonds is 3. The Morgan fingerprint density at radius 2 is 2.19 bits per heavy atom. The number of H-pyrrole nitrogens is 2. The summed E-state index contributed by atoms with van der Waals surface area (Å²) in [6.45, 7) is 2.03. The second kappa shape index (κ2) is 5.88. The van der Waals surface area contributed by atoms with Crippen LogP contribution in [0.5, 0.6) is 5.88 Å². The summed E-state index contributed by atoms with van der Waals surface area (Å²) in [7, 11) is 0. The number of nitrogens with zero attached hydrogens (tertiary/aromatic N) is 5. The zero-order chi connectivity index (χ0) is 18.5. The van der Waals surface area contributed by atoms with Crippen LogP contribution in [0.1, 0.15) is 23.4 Å². The molecule has 0 spiro atoms. The predicted octanol–water partition coefficient (Wildman–Crippen LogP) is 0.494. The van der Waals surface area contributed by atoms with E-state index < -0.39 is 5.69 Å². The first kappa shape index (κ1) is 15.9. The van der Waals surface area contributed by atoms with Gasteiger partial charge in [-0.15, -0.1) is 11.3 Å². The Hall–Kier alpha value is -3.27. The lowest BCUT2D eigenvalue weighted by Gasteiger charge is -1.99. The molecule has 27 heavy (non-hydrogen) atoms. The molecule has 4 aromatic rings. The minimum Gasteiger partial charge on any atom is -0.493 e. The average Bonchev–Trinajstić information content (AvgIpc) is 3.04. The summed E-state index contributed by atoms with van der Waals surface area (Å²) >= 11 is 1.61. The molecule has 3 N–H and O–H groups in total. The lowest BCUT2D eigenvalue weighted by atomic mass is 10.3. The molecule has 0 saturated heterocycles. The molecule has 0 unspecified atom stereocenters. The topological polar surface area (TPSA) is 124 Å². The molecule has 4 heterocycles. The van der Waals surface area contributed by atoms with Crippen LogP contribution in [-0.4, -0.2) is 40.7 Å². The van der Waals surface area contributed by atoms with Crippen LogP contribution in [0.4, 0.5) is 0 Å². The molecule has 1 aliphatic carbocycles. The highest BCUT2D eigenvalue weighted by Crippen LogP contribution is 2.25. The van der Waals surface area contributed by atoms with Gasteiger partial charge in [0.1, 0.15) is 5.69 Å². The molecular weight excluding hydrogens is 366 g/mol. The fraction of sp³-hybridized carbons (Fsp3) is 0.235. The number of hydrogen-bond donors (Lipinski definition) is 3. The maximum atomic E-state index is 11.4. The van der Waals surface area contributed by atoms with E-state index in [-0.39, 0.29) is 17.6 Å². The first-order chi connectivity index (χ1) is 13.1. The van der Waals surface area contributed by atoms with Crippen molar-refractivity contribution in [2.45, 2.75) is 25.8 Å². The highest BCUT2D eigenvalue weighted by molar-refractivity contribution is 7.15. The number of aromatic hydroxyl groups is 1. The summed E-state index contributed by atoms with van der Waals surface area (Å²) < 4.78 is 1.59. The fourth-order valence-electron chi connectivity index (χ4n) is 2.75. The second-order valence-corrected chi connectivity index (χ2v) is 7.73. The van der Waals surface area contributed by atoms with Crippen molar-refractivity contribution in [2.24, 2.45) is 4.99 Å². The summed E-state index contributed by atoms with van der Waals surface area (Å²) in [6, 6.07) is 4.29. The fourth-order valence-corrected chi connectivity index (χ4v) is 3.55. The van der Waals surface area contributed by atoms with Crippen LogP contribution in [0, 0.1) is 6.92 Å². The van der Waals surface area contributed by atoms with Crippen molar-refractivity contribution < 1.29 is 5.11 Å².